The summed E-state index contributed by atoms with van der Waals surface area (Å²) >= 11 is 0. The number of rotatable bonds is 14. The van der Waals surface area contributed by atoms with E-state index in [0.717, 1.165) is 16.9 Å². The largest absolute Gasteiger partial charge is 0.493 e. The number of ether oxygens (including phenoxy) is 4. The van der Waals surface area contributed by atoms with E-state index in [-0.39, 0.29) is 6.61 Å². The Balaban J connectivity index is 1.98. The van der Waals surface area contributed by atoms with E-state index in [2.05, 4.69) is 4.90 Å². The molecule has 1 aromatic heterocycles. The number of aliphatic hydroxyl groups excluding tert-OH is 1. The summed E-state index contributed by atoms with van der Waals surface area (Å²) in [5, 5.41) is 15.3. The first-order valence-corrected chi connectivity index (χ1v) is 11.5. The summed E-state index contributed by atoms with van der Waals surface area (Å²) in [7, 11) is 3.29. The van der Waals surface area contributed by atoms with Gasteiger partial charge in [-0.05, 0) is 38.1 Å². The number of aliphatic hydroxyl groups is 1. The van der Waals surface area contributed by atoms with Gasteiger partial charge < -0.3 is 24.1 Å². The summed E-state index contributed by atoms with van der Waals surface area (Å²) in [5.41, 5.74) is 2.66. The lowest BCUT2D eigenvalue weighted by molar-refractivity contribution is 0.0147. The fraction of sp³-hybridized carbons (Fsp3) is 0.423. The highest BCUT2D eigenvalue weighted by molar-refractivity contribution is 5.47. The van der Waals surface area contributed by atoms with Crippen LogP contribution in [0.5, 0.6) is 17.4 Å². The Hall–Kier alpha value is -2.91. The Kier molecular flexibility index (Phi) is 9.90. The zero-order valence-electron chi connectivity index (χ0n) is 20.4. The third-order valence-corrected chi connectivity index (χ3v) is 5.39. The monoisotopic (exact) mass is 469 g/mol. The van der Waals surface area contributed by atoms with Crippen LogP contribution in [-0.2, 0) is 16.0 Å². The van der Waals surface area contributed by atoms with E-state index < -0.39 is 6.10 Å². The molecular weight excluding hydrogens is 434 g/mol. The summed E-state index contributed by atoms with van der Waals surface area (Å²) in [5.74, 6) is 1.84. The highest BCUT2D eigenvalue weighted by Crippen LogP contribution is 2.36. The first-order chi connectivity index (χ1) is 16.6. The predicted molar refractivity (Wildman–Crippen MR) is 131 cm³/mol. The molecular formula is C26H35N3O5. The molecule has 1 heterocycles. The molecule has 8 heteroatoms. The molecule has 0 aliphatic rings. The van der Waals surface area contributed by atoms with Crippen molar-refractivity contribution in [2.24, 2.45) is 0 Å². The first kappa shape index (κ1) is 25.7. The van der Waals surface area contributed by atoms with E-state index in [1.165, 1.54) is 0 Å². The number of aromatic nitrogens is 2. The molecule has 3 rings (SSSR count). The summed E-state index contributed by atoms with van der Waals surface area (Å²) in [6.45, 7) is 6.87. The first-order valence-electron chi connectivity index (χ1n) is 11.5. The summed E-state index contributed by atoms with van der Waals surface area (Å²) in [6, 6.07) is 17.4. The molecule has 0 aliphatic heterocycles. The van der Waals surface area contributed by atoms with Crippen LogP contribution in [0.25, 0.3) is 5.69 Å². The van der Waals surface area contributed by atoms with Crippen molar-refractivity contribution in [2.45, 2.75) is 26.5 Å². The van der Waals surface area contributed by atoms with Gasteiger partial charge in [0, 0.05) is 33.4 Å². The van der Waals surface area contributed by atoms with E-state index in [1.807, 2.05) is 73.1 Å². The lowest BCUT2D eigenvalue weighted by atomic mass is 10.2. The van der Waals surface area contributed by atoms with Crippen molar-refractivity contribution in [1.29, 1.82) is 0 Å². The normalized spacial score (nSPS) is 12.2. The Morgan fingerprint density at radius 3 is 2.41 bits per heavy atom. The van der Waals surface area contributed by atoms with Gasteiger partial charge in [0.15, 0.2) is 11.5 Å². The maximum Gasteiger partial charge on any atom is 0.227 e. The number of methoxy groups -OCH3 is 2. The highest BCUT2D eigenvalue weighted by atomic mass is 16.5. The molecule has 8 nitrogen and oxygen atoms in total. The summed E-state index contributed by atoms with van der Waals surface area (Å²) in [4.78, 5) is 2.13. The van der Waals surface area contributed by atoms with Gasteiger partial charge in [0.05, 0.1) is 43.4 Å². The fourth-order valence-corrected chi connectivity index (χ4v) is 3.66. The number of hydrogen-bond donors (Lipinski definition) is 1. The second-order valence-electron chi connectivity index (χ2n) is 7.91. The standard InChI is InChI=1S/C26H35N3O5/c1-5-33-19-22(30)17-28(15-16-31-3)18-23-20(2)27-29(21-11-7-6-8-12-21)26(23)34-25-14-10-9-13-24(25)32-4/h6-14,22,30H,5,15-19H2,1-4H3. The van der Waals surface area contributed by atoms with Crippen LogP contribution in [0.15, 0.2) is 54.6 Å². The van der Waals surface area contributed by atoms with Crippen LogP contribution in [0.1, 0.15) is 18.2 Å². The third-order valence-electron chi connectivity index (χ3n) is 5.39. The molecule has 0 saturated heterocycles. The lowest BCUT2D eigenvalue weighted by Crippen LogP contribution is -2.36. The van der Waals surface area contributed by atoms with Crippen LogP contribution in [-0.4, -0.2) is 73.0 Å². The van der Waals surface area contributed by atoms with Crippen molar-refractivity contribution in [2.75, 3.05) is 47.1 Å². The van der Waals surface area contributed by atoms with Gasteiger partial charge in [-0.2, -0.15) is 5.10 Å². The second-order valence-corrected chi connectivity index (χ2v) is 7.91. The molecule has 0 fully saturated rings. The zero-order valence-corrected chi connectivity index (χ0v) is 20.4. The van der Waals surface area contributed by atoms with Crippen LogP contribution < -0.4 is 9.47 Å². The third kappa shape index (κ3) is 6.80. The van der Waals surface area contributed by atoms with Gasteiger partial charge in [0.25, 0.3) is 0 Å². The van der Waals surface area contributed by atoms with Crippen LogP contribution in [0.2, 0.25) is 0 Å². The Morgan fingerprint density at radius 1 is 1.03 bits per heavy atom. The van der Waals surface area contributed by atoms with Crippen molar-refractivity contribution in [3.63, 3.8) is 0 Å². The molecule has 0 saturated carbocycles. The minimum atomic E-state index is -0.611. The van der Waals surface area contributed by atoms with Gasteiger partial charge in [-0.3, -0.25) is 4.90 Å². The van der Waals surface area contributed by atoms with Crippen molar-refractivity contribution >= 4 is 0 Å². The summed E-state index contributed by atoms with van der Waals surface area (Å²) in [6.07, 6.45) is -0.611. The van der Waals surface area contributed by atoms with Crippen LogP contribution in [0, 0.1) is 6.92 Å². The van der Waals surface area contributed by atoms with Gasteiger partial charge >= 0.3 is 0 Å². The molecule has 0 bridgehead atoms. The van der Waals surface area contributed by atoms with Crippen LogP contribution >= 0.6 is 0 Å². The van der Waals surface area contributed by atoms with Crippen LogP contribution in [0.3, 0.4) is 0 Å². The van der Waals surface area contributed by atoms with Gasteiger partial charge in [0.1, 0.15) is 0 Å². The molecule has 0 amide bonds. The minimum absolute atomic E-state index is 0.285. The summed E-state index contributed by atoms with van der Waals surface area (Å²) < 4.78 is 24.5. The average molecular weight is 470 g/mol. The van der Waals surface area contributed by atoms with E-state index in [0.29, 0.717) is 50.2 Å². The second kappa shape index (κ2) is 13.1. The van der Waals surface area contributed by atoms with Gasteiger partial charge in [-0.25, -0.2) is 4.68 Å². The molecule has 0 spiro atoms. The zero-order chi connectivity index (χ0) is 24.3. The fourth-order valence-electron chi connectivity index (χ4n) is 3.66. The van der Waals surface area contributed by atoms with Gasteiger partial charge in [-0.1, -0.05) is 30.3 Å². The van der Waals surface area contributed by atoms with Crippen molar-refractivity contribution in [1.82, 2.24) is 14.7 Å². The molecule has 1 atom stereocenters. The molecule has 0 aliphatic carbocycles. The van der Waals surface area contributed by atoms with Crippen molar-refractivity contribution in [3.05, 3.63) is 65.9 Å². The quantitative estimate of drug-likeness (QED) is 0.384. The van der Waals surface area contributed by atoms with E-state index in [4.69, 9.17) is 24.0 Å². The molecule has 1 N–H and O–H groups in total. The smallest absolute Gasteiger partial charge is 0.227 e. The number of aryl methyl sites for hydroxylation is 1. The van der Waals surface area contributed by atoms with E-state index >= 15 is 0 Å². The maximum atomic E-state index is 10.5. The number of nitrogens with zero attached hydrogens (tertiary/aromatic N) is 3. The van der Waals surface area contributed by atoms with E-state index in [9.17, 15) is 5.11 Å². The SMILES string of the molecule is CCOCC(O)CN(CCOC)Cc1c(C)nn(-c2ccccc2)c1Oc1ccccc1OC. The molecule has 0 radical (unpaired) electrons. The topological polar surface area (TPSA) is 78.2 Å². The van der Waals surface area contributed by atoms with Crippen molar-refractivity contribution < 1.29 is 24.1 Å². The van der Waals surface area contributed by atoms with Gasteiger partial charge in [-0.15, -0.1) is 0 Å². The average Bonchev–Trinajstić information content (AvgIpc) is 3.16. The van der Waals surface area contributed by atoms with Crippen molar-refractivity contribution in [3.8, 4) is 23.1 Å². The molecule has 1 unspecified atom stereocenters. The maximum absolute atomic E-state index is 10.5. The van der Waals surface area contributed by atoms with Gasteiger partial charge in [0.2, 0.25) is 5.88 Å². The lowest BCUT2D eigenvalue weighted by Gasteiger charge is -2.25. The molecule has 184 valence electrons. The number of benzene rings is 2. The van der Waals surface area contributed by atoms with Crippen LogP contribution in [0.4, 0.5) is 0 Å². The Labute approximate surface area is 201 Å². The number of hydrogen-bond acceptors (Lipinski definition) is 7. The number of para-hydroxylation sites is 3. The molecule has 34 heavy (non-hydrogen) atoms. The predicted octanol–water partition coefficient (Wildman–Crippen LogP) is 3.83. The highest BCUT2D eigenvalue weighted by Gasteiger charge is 2.23. The molecule has 3 aromatic rings. The minimum Gasteiger partial charge on any atom is -0.493 e. The Morgan fingerprint density at radius 2 is 1.74 bits per heavy atom. The van der Waals surface area contributed by atoms with E-state index in [1.54, 1.807) is 14.2 Å². The molecule has 2 aromatic carbocycles. The Bertz CT molecular complexity index is 1010.